The summed E-state index contributed by atoms with van der Waals surface area (Å²) in [7, 11) is 0. The van der Waals surface area contributed by atoms with Gasteiger partial charge in [0.1, 0.15) is 0 Å². The van der Waals surface area contributed by atoms with Gasteiger partial charge in [0.05, 0.1) is 0 Å². The van der Waals surface area contributed by atoms with E-state index in [0.717, 1.165) is 13.1 Å². The Morgan fingerprint density at radius 3 is 2.27 bits per heavy atom. The second-order valence-electron chi connectivity index (χ2n) is 3.00. The van der Waals surface area contributed by atoms with Crippen LogP contribution in [0.25, 0.3) is 0 Å². The van der Waals surface area contributed by atoms with E-state index in [2.05, 4.69) is 18.7 Å². The van der Waals surface area contributed by atoms with Crippen LogP contribution in [0.1, 0.15) is 13.8 Å². The fourth-order valence-electron chi connectivity index (χ4n) is 1.36. The van der Waals surface area contributed by atoms with Gasteiger partial charge in [-0.05, 0) is 12.2 Å². The van der Waals surface area contributed by atoms with Crippen LogP contribution in [0, 0.1) is 0 Å². The maximum atomic E-state index is 5.54. The molecule has 1 aliphatic heterocycles. The molecule has 0 aromatic carbocycles. The predicted octanol–water partition coefficient (Wildman–Crippen LogP) is 1.06. The molecule has 1 fully saturated rings. The van der Waals surface area contributed by atoms with Crippen molar-refractivity contribution in [1.29, 1.82) is 0 Å². The van der Waals surface area contributed by atoms with Crippen LogP contribution in [0.3, 0.4) is 0 Å². The van der Waals surface area contributed by atoms with Gasteiger partial charge in [0.25, 0.3) is 0 Å². The zero-order valence-electron chi connectivity index (χ0n) is 6.91. The van der Waals surface area contributed by atoms with Gasteiger partial charge >= 0.3 is 0 Å². The number of nitrogens with zero attached hydrogens (tertiary/aromatic N) is 1. The van der Waals surface area contributed by atoms with Gasteiger partial charge in [-0.1, -0.05) is 13.8 Å². The van der Waals surface area contributed by atoms with Crippen molar-refractivity contribution in [2.24, 2.45) is 5.73 Å². The largest absolute Gasteiger partial charge is 0.376 e. The van der Waals surface area contributed by atoms with E-state index in [-0.39, 0.29) is 0 Å². The first-order chi connectivity index (χ1) is 5.09. The molecule has 0 aliphatic carbocycles. The summed E-state index contributed by atoms with van der Waals surface area (Å²) in [6.45, 7) is 6.44. The summed E-state index contributed by atoms with van der Waals surface area (Å²) in [5.41, 5.74) is 5.54. The van der Waals surface area contributed by atoms with E-state index in [1.807, 2.05) is 11.8 Å². The molecule has 2 unspecified atom stereocenters. The van der Waals surface area contributed by atoms with Gasteiger partial charge in [0.2, 0.25) is 0 Å². The minimum Gasteiger partial charge on any atom is -0.376 e. The normalized spacial score (nSPS) is 32.0. The third-order valence-electron chi connectivity index (χ3n) is 1.73. The summed E-state index contributed by atoms with van der Waals surface area (Å²) >= 11 is 6.92. The van der Waals surface area contributed by atoms with Crippen LogP contribution in [0.5, 0.6) is 0 Å². The summed E-state index contributed by atoms with van der Waals surface area (Å²) in [5.74, 6) is 0. The highest BCUT2D eigenvalue weighted by atomic mass is 32.2. The number of thiocarbonyl (C=S) groups is 1. The Hall–Kier alpha value is 0.0400. The molecule has 0 aromatic rings. The summed E-state index contributed by atoms with van der Waals surface area (Å²) < 4.78 is 0. The molecule has 2 nitrogen and oxygen atoms in total. The third-order valence-corrected chi connectivity index (χ3v) is 3.22. The van der Waals surface area contributed by atoms with Crippen molar-refractivity contribution in [1.82, 2.24) is 4.90 Å². The first-order valence-corrected chi connectivity index (χ1v) is 5.14. The van der Waals surface area contributed by atoms with E-state index >= 15 is 0 Å². The molecule has 0 spiro atoms. The van der Waals surface area contributed by atoms with Gasteiger partial charge < -0.3 is 10.6 Å². The van der Waals surface area contributed by atoms with Gasteiger partial charge in [0, 0.05) is 23.6 Å². The molecule has 1 aliphatic rings. The molecule has 0 aromatic heterocycles. The Morgan fingerprint density at radius 2 is 1.91 bits per heavy atom. The summed E-state index contributed by atoms with van der Waals surface area (Å²) in [4.78, 5) is 2.08. The lowest BCUT2D eigenvalue weighted by atomic mass is 10.3. The molecule has 0 saturated carbocycles. The molecular weight excluding hydrogens is 176 g/mol. The summed E-state index contributed by atoms with van der Waals surface area (Å²) in [6.07, 6.45) is 0. The van der Waals surface area contributed by atoms with Crippen molar-refractivity contribution >= 4 is 29.1 Å². The van der Waals surface area contributed by atoms with Gasteiger partial charge in [-0.25, -0.2) is 0 Å². The molecule has 0 amide bonds. The third kappa shape index (κ3) is 2.52. The molecule has 11 heavy (non-hydrogen) atoms. The van der Waals surface area contributed by atoms with E-state index < -0.39 is 0 Å². The van der Waals surface area contributed by atoms with Crippen LogP contribution >= 0.6 is 24.0 Å². The van der Waals surface area contributed by atoms with Crippen LogP contribution in [0.4, 0.5) is 0 Å². The predicted molar refractivity (Wildman–Crippen MR) is 54.9 cm³/mol. The molecule has 0 bridgehead atoms. The van der Waals surface area contributed by atoms with Crippen molar-refractivity contribution < 1.29 is 0 Å². The Kier molecular flexibility index (Phi) is 3.01. The first kappa shape index (κ1) is 9.13. The van der Waals surface area contributed by atoms with Crippen LogP contribution in [0.2, 0.25) is 0 Å². The molecule has 4 heteroatoms. The van der Waals surface area contributed by atoms with E-state index in [9.17, 15) is 0 Å². The van der Waals surface area contributed by atoms with Gasteiger partial charge in [-0.3, -0.25) is 0 Å². The fourth-order valence-corrected chi connectivity index (χ4v) is 2.83. The van der Waals surface area contributed by atoms with Crippen LogP contribution < -0.4 is 5.73 Å². The van der Waals surface area contributed by atoms with Crippen molar-refractivity contribution in [2.75, 3.05) is 13.1 Å². The second kappa shape index (κ2) is 3.63. The van der Waals surface area contributed by atoms with Gasteiger partial charge in [0.15, 0.2) is 5.11 Å². The lowest BCUT2D eigenvalue weighted by Gasteiger charge is -2.34. The molecule has 2 N–H and O–H groups in total. The highest BCUT2D eigenvalue weighted by molar-refractivity contribution is 8.00. The lowest BCUT2D eigenvalue weighted by Crippen LogP contribution is -2.46. The standard InChI is InChI=1S/C7H14N2S2/c1-5-3-9(7(8)10)4-6(2)11-5/h5-6H,3-4H2,1-2H3,(H2,8,10). The Bertz CT molecular complexity index is 151. The molecule has 64 valence electrons. The number of nitrogens with two attached hydrogens (primary N) is 1. The van der Waals surface area contributed by atoms with Crippen LogP contribution in [-0.4, -0.2) is 33.6 Å². The van der Waals surface area contributed by atoms with E-state index in [4.69, 9.17) is 18.0 Å². The Balaban J connectivity index is 2.49. The first-order valence-electron chi connectivity index (χ1n) is 3.79. The monoisotopic (exact) mass is 190 g/mol. The summed E-state index contributed by atoms with van der Waals surface area (Å²) in [5, 5.41) is 1.85. The molecule has 0 radical (unpaired) electrons. The van der Waals surface area contributed by atoms with Crippen molar-refractivity contribution in [3.63, 3.8) is 0 Å². The highest BCUT2D eigenvalue weighted by Gasteiger charge is 2.22. The quantitative estimate of drug-likeness (QED) is 0.578. The van der Waals surface area contributed by atoms with Gasteiger partial charge in [-0.2, -0.15) is 11.8 Å². The minimum absolute atomic E-state index is 0.545. The van der Waals surface area contributed by atoms with Crippen LogP contribution in [0.15, 0.2) is 0 Å². The average Bonchev–Trinajstić information content (AvgIpc) is 1.85. The molecule has 1 saturated heterocycles. The van der Waals surface area contributed by atoms with E-state index in [0.29, 0.717) is 15.6 Å². The van der Waals surface area contributed by atoms with Crippen LogP contribution in [-0.2, 0) is 0 Å². The number of thioether (sulfide) groups is 1. The molecular formula is C7H14N2S2. The topological polar surface area (TPSA) is 29.3 Å². The maximum Gasteiger partial charge on any atom is 0.166 e. The van der Waals surface area contributed by atoms with Gasteiger partial charge in [-0.15, -0.1) is 0 Å². The molecule has 2 atom stereocenters. The minimum atomic E-state index is 0.545. The van der Waals surface area contributed by atoms with E-state index in [1.54, 1.807) is 0 Å². The Labute approximate surface area is 77.5 Å². The average molecular weight is 190 g/mol. The van der Waals surface area contributed by atoms with Crippen molar-refractivity contribution in [2.45, 2.75) is 24.3 Å². The Morgan fingerprint density at radius 1 is 1.45 bits per heavy atom. The van der Waals surface area contributed by atoms with E-state index in [1.165, 1.54) is 0 Å². The van der Waals surface area contributed by atoms with Crippen molar-refractivity contribution in [3.8, 4) is 0 Å². The number of hydrogen-bond donors (Lipinski definition) is 1. The fraction of sp³-hybridized carbons (Fsp3) is 0.857. The maximum absolute atomic E-state index is 5.54. The smallest absolute Gasteiger partial charge is 0.166 e. The lowest BCUT2D eigenvalue weighted by molar-refractivity contribution is 0.413. The zero-order valence-corrected chi connectivity index (χ0v) is 8.54. The van der Waals surface area contributed by atoms with Crippen molar-refractivity contribution in [3.05, 3.63) is 0 Å². The summed E-state index contributed by atoms with van der Waals surface area (Å²) in [6, 6.07) is 0. The molecule has 1 rings (SSSR count). The highest BCUT2D eigenvalue weighted by Crippen LogP contribution is 2.24. The number of rotatable bonds is 0. The zero-order chi connectivity index (χ0) is 8.43. The SMILES string of the molecule is CC1CN(C(N)=S)CC(C)S1. The second-order valence-corrected chi connectivity index (χ2v) is 5.30. The number of hydrogen-bond acceptors (Lipinski definition) is 2. The molecule has 1 heterocycles.